The van der Waals surface area contributed by atoms with E-state index in [0.717, 1.165) is 11.1 Å². The maximum atomic E-state index is 12.0. The predicted molar refractivity (Wildman–Crippen MR) is 89.6 cm³/mol. The van der Waals surface area contributed by atoms with Crippen molar-refractivity contribution in [2.45, 2.75) is 52.8 Å². The summed E-state index contributed by atoms with van der Waals surface area (Å²) in [7, 11) is 0. The second kappa shape index (κ2) is 7.76. The van der Waals surface area contributed by atoms with E-state index in [2.05, 4.69) is 10.6 Å². The molecule has 0 heterocycles. The first-order chi connectivity index (χ1) is 10.6. The van der Waals surface area contributed by atoms with Crippen molar-refractivity contribution in [1.29, 1.82) is 5.41 Å². The molecule has 0 aliphatic heterocycles. The van der Waals surface area contributed by atoms with Gasteiger partial charge in [-0.1, -0.05) is 24.3 Å². The van der Waals surface area contributed by atoms with Crippen LogP contribution < -0.4 is 10.6 Å². The normalized spacial score (nSPS) is 12.2. The van der Waals surface area contributed by atoms with Crippen LogP contribution in [0.3, 0.4) is 0 Å². The molecule has 6 nitrogen and oxygen atoms in total. The first-order valence-electron chi connectivity index (χ1n) is 7.50. The molecule has 0 bridgehead atoms. The second-order valence-corrected chi connectivity index (χ2v) is 6.41. The summed E-state index contributed by atoms with van der Waals surface area (Å²) in [5.74, 6) is -0.289. The van der Waals surface area contributed by atoms with Crippen molar-refractivity contribution in [2.24, 2.45) is 0 Å². The number of nitrogens with one attached hydrogen (secondary N) is 3. The lowest BCUT2D eigenvalue weighted by atomic mass is 10.1. The van der Waals surface area contributed by atoms with Crippen molar-refractivity contribution in [1.82, 2.24) is 10.6 Å². The third-order valence-corrected chi connectivity index (χ3v) is 2.98. The van der Waals surface area contributed by atoms with Crippen LogP contribution in [-0.4, -0.2) is 29.4 Å². The van der Waals surface area contributed by atoms with Gasteiger partial charge >= 0.3 is 6.09 Å². The summed E-state index contributed by atoms with van der Waals surface area (Å²) >= 11 is 0. The van der Waals surface area contributed by atoms with E-state index in [1.54, 1.807) is 34.6 Å². The van der Waals surface area contributed by atoms with Gasteiger partial charge in [0.15, 0.2) is 0 Å². The lowest BCUT2D eigenvalue weighted by Gasteiger charge is -2.21. The molecule has 126 valence electrons. The maximum absolute atomic E-state index is 12.0. The Hall–Kier alpha value is -2.37. The quantitative estimate of drug-likeness (QED) is 0.729. The number of hydrogen-bond acceptors (Lipinski definition) is 4. The summed E-state index contributed by atoms with van der Waals surface area (Å²) in [5.41, 5.74) is 1.67. The molecule has 0 unspecified atom stereocenters. The van der Waals surface area contributed by atoms with Crippen LogP contribution in [0.25, 0.3) is 0 Å². The smallest absolute Gasteiger partial charge is 0.408 e. The molecule has 0 spiro atoms. The highest BCUT2D eigenvalue weighted by Gasteiger charge is 2.20. The van der Waals surface area contributed by atoms with E-state index < -0.39 is 17.7 Å². The van der Waals surface area contributed by atoms with Gasteiger partial charge in [0, 0.05) is 12.3 Å². The Morgan fingerprint density at radius 1 is 1.22 bits per heavy atom. The van der Waals surface area contributed by atoms with Crippen LogP contribution in [0.15, 0.2) is 24.3 Å². The zero-order valence-electron chi connectivity index (χ0n) is 14.3. The monoisotopic (exact) mass is 319 g/mol. The number of ether oxygens (including phenoxy) is 1. The molecule has 1 atom stereocenters. The zero-order valence-corrected chi connectivity index (χ0v) is 14.3. The topological polar surface area (TPSA) is 91.3 Å². The summed E-state index contributed by atoms with van der Waals surface area (Å²) in [5, 5.41) is 12.8. The molecule has 6 heteroatoms. The first-order valence-corrected chi connectivity index (χ1v) is 7.50. The summed E-state index contributed by atoms with van der Waals surface area (Å²) in [4.78, 5) is 23.6. The highest BCUT2D eigenvalue weighted by molar-refractivity contribution is 5.96. The third kappa shape index (κ3) is 6.95. The molecular formula is C17H25N3O3. The Labute approximate surface area is 137 Å². The van der Waals surface area contributed by atoms with Gasteiger partial charge in [-0.15, -0.1) is 0 Å². The van der Waals surface area contributed by atoms with E-state index in [0.29, 0.717) is 12.3 Å². The largest absolute Gasteiger partial charge is 0.444 e. The molecule has 0 fully saturated rings. The molecule has 0 saturated carbocycles. The molecule has 0 aromatic heterocycles. The van der Waals surface area contributed by atoms with Crippen molar-refractivity contribution < 1.29 is 14.3 Å². The van der Waals surface area contributed by atoms with Gasteiger partial charge in [0.1, 0.15) is 11.6 Å². The number of benzene rings is 1. The van der Waals surface area contributed by atoms with Crippen LogP contribution in [0.1, 0.15) is 45.7 Å². The molecule has 1 aromatic carbocycles. The lowest BCUT2D eigenvalue weighted by molar-refractivity contribution is -0.122. The van der Waals surface area contributed by atoms with Gasteiger partial charge in [-0.05, 0) is 45.7 Å². The van der Waals surface area contributed by atoms with Gasteiger partial charge < -0.3 is 20.8 Å². The molecular weight excluding hydrogens is 294 g/mol. The molecule has 0 radical (unpaired) electrons. The fraction of sp³-hybridized carbons (Fsp3) is 0.471. The van der Waals surface area contributed by atoms with E-state index >= 15 is 0 Å². The minimum absolute atomic E-state index is 0.289. The molecule has 0 saturated heterocycles. The number of hydrogen-bond donors (Lipinski definition) is 3. The molecule has 2 amide bonds. The summed E-state index contributed by atoms with van der Waals surface area (Å²) < 4.78 is 5.11. The molecule has 3 N–H and O–H groups in total. The lowest BCUT2D eigenvalue weighted by Crippen LogP contribution is -2.46. The Balaban J connectivity index is 2.46. The standard InChI is InChI=1S/C17H25N3O3/c1-11(18)14-8-6-13(7-9-14)10-19-15(21)12(2)20-16(22)23-17(3,4)5/h6-9,12,18H,10H2,1-5H3,(H,19,21)(H,20,22)/t12-/m0/s1. The fourth-order valence-electron chi connectivity index (χ4n) is 1.76. The van der Waals surface area contributed by atoms with Gasteiger partial charge in [0.2, 0.25) is 5.91 Å². The third-order valence-electron chi connectivity index (χ3n) is 2.98. The van der Waals surface area contributed by atoms with E-state index in [4.69, 9.17) is 10.1 Å². The van der Waals surface area contributed by atoms with E-state index in [1.807, 2.05) is 24.3 Å². The number of rotatable bonds is 5. The SMILES string of the molecule is CC(=N)c1ccc(CNC(=O)[C@H](C)NC(=O)OC(C)(C)C)cc1. The molecule has 23 heavy (non-hydrogen) atoms. The zero-order chi connectivity index (χ0) is 17.6. The summed E-state index contributed by atoms with van der Waals surface area (Å²) in [6.07, 6.45) is -0.619. The minimum Gasteiger partial charge on any atom is -0.444 e. The van der Waals surface area contributed by atoms with Crippen LogP contribution in [0, 0.1) is 5.41 Å². The Bertz CT molecular complexity index is 574. The average molecular weight is 319 g/mol. The Kier molecular flexibility index (Phi) is 6.30. The van der Waals surface area contributed by atoms with E-state index in [9.17, 15) is 9.59 Å². The number of amides is 2. The Morgan fingerprint density at radius 2 is 1.78 bits per heavy atom. The van der Waals surface area contributed by atoms with Crippen molar-refractivity contribution >= 4 is 17.7 Å². The van der Waals surface area contributed by atoms with E-state index in [-0.39, 0.29) is 5.91 Å². The van der Waals surface area contributed by atoms with Crippen molar-refractivity contribution in [3.8, 4) is 0 Å². The minimum atomic E-state index is -0.687. The predicted octanol–water partition coefficient (Wildman–Crippen LogP) is 2.60. The van der Waals surface area contributed by atoms with Crippen molar-refractivity contribution in [3.63, 3.8) is 0 Å². The first kappa shape index (κ1) is 18.7. The molecule has 1 rings (SSSR count). The van der Waals surface area contributed by atoms with Crippen molar-refractivity contribution in [2.75, 3.05) is 0 Å². The fourth-order valence-corrected chi connectivity index (χ4v) is 1.76. The number of carbonyl (C=O) groups is 2. The Morgan fingerprint density at radius 3 is 2.26 bits per heavy atom. The van der Waals surface area contributed by atoms with Crippen LogP contribution in [0.4, 0.5) is 4.79 Å². The molecule has 1 aromatic rings. The summed E-state index contributed by atoms with van der Waals surface area (Å²) in [6.45, 7) is 8.96. The second-order valence-electron chi connectivity index (χ2n) is 6.41. The number of alkyl carbamates (subject to hydrolysis) is 1. The van der Waals surface area contributed by atoms with Gasteiger partial charge in [-0.3, -0.25) is 4.79 Å². The highest BCUT2D eigenvalue weighted by atomic mass is 16.6. The van der Waals surface area contributed by atoms with Gasteiger partial charge in [-0.25, -0.2) is 4.79 Å². The highest BCUT2D eigenvalue weighted by Crippen LogP contribution is 2.07. The number of carbonyl (C=O) groups excluding carboxylic acids is 2. The van der Waals surface area contributed by atoms with Crippen molar-refractivity contribution in [3.05, 3.63) is 35.4 Å². The van der Waals surface area contributed by atoms with Crippen LogP contribution in [-0.2, 0) is 16.1 Å². The average Bonchev–Trinajstić information content (AvgIpc) is 2.42. The van der Waals surface area contributed by atoms with Crippen LogP contribution in [0.5, 0.6) is 0 Å². The summed E-state index contributed by atoms with van der Waals surface area (Å²) in [6, 6.07) is 6.71. The van der Waals surface area contributed by atoms with Crippen LogP contribution >= 0.6 is 0 Å². The van der Waals surface area contributed by atoms with Crippen LogP contribution in [0.2, 0.25) is 0 Å². The van der Waals surface area contributed by atoms with Gasteiger partial charge in [-0.2, -0.15) is 0 Å². The molecule has 0 aliphatic rings. The van der Waals surface area contributed by atoms with Gasteiger partial charge in [0.05, 0.1) is 0 Å². The molecule has 0 aliphatic carbocycles. The van der Waals surface area contributed by atoms with E-state index in [1.165, 1.54) is 0 Å². The maximum Gasteiger partial charge on any atom is 0.408 e. The van der Waals surface area contributed by atoms with Gasteiger partial charge in [0.25, 0.3) is 0 Å².